The zero-order valence-electron chi connectivity index (χ0n) is 11.0. The Bertz CT molecular complexity index is 620. The second-order valence-electron chi connectivity index (χ2n) is 5.32. The van der Waals surface area contributed by atoms with E-state index in [1.807, 2.05) is 32.0 Å². The third-order valence-corrected chi connectivity index (χ3v) is 2.80. The number of nitrogens with two attached hydrogens (primary N) is 1. The smallest absolute Gasteiger partial charge is 0.231 e. The molecule has 0 fully saturated rings. The quantitative estimate of drug-likeness (QED) is 0.915. The molecule has 2 aromatic rings. The molecule has 0 bridgehead atoms. The van der Waals surface area contributed by atoms with Crippen LogP contribution < -0.4 is 19.9 Å². The van der Waals surface area contributed by atoms with Crippen LogP contribution in [0.1, 0.15) is 13.8 Å². The van der Waals surface area contributed by atoms with Gasteiger partial charge in [-0.05, 0) is 37.4 Å². The molecule has 1 aliphatic rings. The van der Waals surface area contributed by atoms with Crippen molar-refractivity contribution in [1.29, 1.82) is 0 Å². The highest BCUT2D eigenvalue weighted by molar-refractivity contribution is 5.90. The van der Waals surface area contributed by atoms with Crippen LogP contribution in [0.15, 0.2) is 24.4 Å². The molecule has 100 valence electrons. The normalized spacial score (nSPS) is 13.8. The van der Waals surface area contributed by atoms with Crippen molar-refractivity contribution in [3.63, 3.8) is 0 Å². The van der Waals surface area contributed by atoms with E-state index in [1.54, 1.807) is 6.20 Å². The maximum Gasteiger partial charge on any atom is 0.231 e. The van der Waals surface area contributed by atoms with Crippen LogP contribution in [-0.4, -0.2) is 23.9 Å². The summed E-state index contributed by atoms with van der Waals surface area (Å²) < 4.78 is 16.4. The van der Waals surface area contributed by atoms with Gasteiger partial charge in [-0.25, -0.2) is 4.98 Å². The van der Waals surface area contributed by atoms with E-state index in [0.717, 1.165) is 22.3 Å². The highest BCUT2D eigenvalue weighted by Crippen LogP contribution is 2.38. The second kappa shape index (κ2) is 4.28. The van der Waals surface area contributed by atoms with Crippen molar-refractivity contribution in [2.45, 2.75) is 19.4 Å². The molecular formula is C14H16N2O3. The average molecular weight is 260 g/mol. The molecule has 0 radical (unpaired) electrons. The molecule has 0 saturated carbocycles. The number of pyridine rings is 1. The van der Waals surface area contributed by atoms with Gasteiger partial charge in [0.25, 0.3) is 0 Å². The van der Waals surface area contributed by atoms with Gasteiger partial charge in [0.05, 0.1) is 0 Å². The van der Waals surface area contributed by atoms with Crippen molar-refractivity contribution in [3.05, 3.63) is 24.4 Å². The molecule has 0 aliphatic carbocycles. The summed E-state index contributed by atoms with van der Waals surface area (Å²) in [6.45, 7) is 4.47. The minimum Gasteiger partial charge on any atom is -0.475 e. The van der Waals surface area contributed by atoms with Gasteiger partial charge in [0.2, 0.25) is 12.7 Å². The zero-order chi connectivity index (χ0) is 13.5. The van der Waals surface area contributed by atoms with Crippen molar-refractivity contribution in [1.82, 2.24) is 4.98 Å². The van der Waals surface area contributed by atoms with Gasteiger partial charge < -0.3 is 19.9 Å². The molecular weight excluding hydrogens is 244 g/mol. The van der Waals surface area contributed by atoms with E-state index in [-0.39, 0.29) is 6.79 Å². The summed E-state index contributed by atoms with van der Waals surface area (Å²) in [5, 5.41) is 1.90. The van der Waals surface area contributed by atoms with Crippen LogP contribution in [-0.2, 0) is 0 Å². The van der Waals surface area contributed by atoms with Crippen LogP contribution in [0.4, 0.5) is 0 Å². The summed E-state index contributed by atoms with van der Waals surface area (Å²) >= 11 is 0. The Morgan fingerprint density at radius 1 is 1.32 bits per heavy atom. The SMILES string of the molecule is CC(C)(N)COc1nccc2cc3c(cc12)OCO3. The van der Waals surface area contributed by atoms with Crippen molar-refractivity contribution >= 4 is 10.8 Å². The lowest BCUT2D eigenvalue weighted by Gasteiger charge is -2.19. The Kier molecular flexibility index (Phi) is 2.71. The van der Waals surface area contributed by atoms with Crippen molar-refractivity contribution in [2.75, 3.05) is 13.4 Å². The van der Waals surface area contributed by atoms with E-state index < -0.39 is 5.54 Å². The van der Waals surface area contributed by atoms with Gasteiger partial charge in [0.15, 0.2) is 11.5 Å². The fourth-order valence-corrected chi connectivity index (χ4v) is 1.90. The zero-order valence-corrected chi connectivity index (χ0v) is 11.0. The number of fused-ring (bicyclic) bond motifs is 2. The Hall–Kier alpha value is -2.01. The third-order valence-electron chi connectivity index (χ3n) is 2.80. The number of benzene rings is 1. The van der Waals surface area contributed by atoms with Gasteiger partial charge in [-0.15, -0.1) is 0 Å². The van der Waals surface area contributed by atoms with E-state index in [4.69, 9.17) is 19.9 Å². The minimum absolute atomic E-state index is 0.255. The van der Waals surface area contributed by atoms with E-state index in [2.05, 4.69) is 4.98 Å². The Morgan fingerprint density at radius 2 is 2.05 bits per heavy atom. The summed E-state index contributed by atoms with van der Waals surface area (Å²) in [5.41, 5.74) is 5.52. The van der Waals surface area contributed by atoms with Gasteiger partial charge >= 0.3 is 0 Å². The standard InChI is InChI=1S/C14H16N2O3/c1-14(2,15)7-17-13-10-6-12-11(18-8-19-12)5-9(10)3-4-16-13/h3-6H,7-8,15H2,1-2H3. The molecule has 5 heteroatoms. The lowest BCUT2D eigenvalue weighted by molar-refractivity contribution is 0.174. The molecule has 5 nitrogen and oxygen atoms in total. The summed E-state index contributed by atoms with van der Waals surface area (Å²) in [6.07, 6.45) is 1.71. The number of rotatable bonds is 3. The fourth-order valence-electron chi connectivity index (χ4n) is 1.90. The number of hydrogen-bond donors (Lipinski definition) is 1. The van der Waals surface area contributed by atoms with Crippen LogP contribution in [0.2, 0.25) is 0 Å². The van der Waals surface area contributed by atoms with E-state index in [1.165, 1.54) is 0 Å². The van der Waals surface area contributed by atoms with Crippen LogP contribution in [0.5, 0.6) is 17.4 Å². The van der Waals surface area contributed by atoms with Crippen LogP contribution in [0.3, 0.4) is 0 Å². The first kappa shape index (κ1) is 12.0. The largest absolute Gasteiger partial charge is 0.475 e. The molecule has 2 heterocycles. The number of ether oxygens (including phenoxy) is 3. The lowest BCUT2D eigenvalue weighted by Crippen LogP contribution is -2.38. The predicted octanol–water partition coefficient (Wildman–Crippen LogP) is 2.08. The first-order valence-corrected chi connectivity index (χ1v) is 6.13. The van der Waals surface area contributed by atoms with Crippen molar-refractivity contribution in [2.24, 2.45) is 5.73 Å². The summed E-state index contributed by atoms with van der Waals surface area (Å²) in [5.74, 6) is 2.04. The monoisotopic (exact) mass is 260 g/mol. The number of hydrogen-bond acceptors (Lipinski definition) is 5. The van der Waals surface area contributed by atoms with Crippen LogP contribution in [0, 0.1) is 0 Å². The first-order valence-electron chi connectivity index (χ1n) is 6.13. The first-order chi connectivity index (χ1) is 9.03. The molecule has 0 amide bonds. The minimum atomic E-state index is -0.403. The van der Waals surface area contributed by atoms with Crippen LogP contribution in [0.25, 0.3) is 10.8 Å². The van der Waals surface area contributed by atoms with E-state index >= 15 is 0 Å². The van der Waals surface area contributed by atoms with Gasteiger partial charge in [-0.3, -0.25) is 0 Å². The molecule has 0 unspecified atom stereocenters. The maximum absolute atomic E-state index is 5.92. The molecule has 3 rings (SSSR count). The van der Waals surface area contributed by atoms with Crippen molar-refractivity contribution in [3.8, 4) is 17.4 Å². The van der Waals surface area contributed by atoms with Gasteiger partial charge in [-0.2, -0.15) is 0 Å². The fraction of sp³-hybridized carbons (Fsp3) is 0.357. The van der Waals surface area contributed by atoms with Gasteiger partial charge in [0.1, 0.15) is 6.61 Å². The van der Waals surface area contributed by atoms with Crippen LogP contribution >= 0.6 is 0 Å². The van der Waals surface area contributed by atoms with Gasteiger partial charge in [-0.1, -0.05) is 0 Å². The Morgan fingerprint density at radius 3 is 2.79 bits per heavy atom. The van der Waals surface area contributed by atoms with E-state index in [0.29, 0.717) is 12.5 Å². The van der Waals surface area contributed by atoms with Gasteiger partial charge in [0, 0.05) is 17.1 Å². The summed E-state index contributed by atoms with van der Waals surface area (Å²) in [7, 11) is 0. The molecule has 19 heavy (non-hydrogen) atoms. The van der Waals surface area contributed by atoms with E-state index in [9.17, 15) is 0 Å². The Balaban J connectivity index is 2.00. The van der Waals surface area contributed by atoms with Crippen molar-refractivity contribution < 1.29 is 14.2 Å². The maximum atomic E-state index is 5.92. The summed E-state index contributed by atoms with van der Waals surface area (Å²) in [6, 6.07) is 5.74. The highest BCUT2D eigenvalue weighted by Gasteiger charge is 2.18. The second-order valence-corrected chi connectivity index (χ2v) is 5.32. The third kappa shape index (κ3) is 2.42. The average Bonchev–Trinajstić information content (AvgIpc) is 2.79. The lowest BCUT2D eigenvalue weighted by atomic mass is 10.1. The molecule has 1 aromatic carbocycles. The Labute approximate surface area is 111 Å². The number of nitrogens with zero attached hydrogens (tertiary/aromatic N) is 1. The molecule has 1 aliphatic heterocycles. The predicted molar refractivity (Wildman–Crippen MR) is 71.6 cm³/mol. The summed E-state index contributed by atoms with van der Waals surface area (Å²) in [4.78, 5) is 4.26. The molecule has 0 spiro atoms. The highest BCUT2D eigenvalue weighted by atomic mass is 16.7. The molecule has 1 aromatic heterocycles. The molecule has 0 saturated heterocycles. The molecule has 0 atom stereocenters. The number of aromatic nitrogens is 1. The topological polar surface area (TPSA) is 66.6 Å². The molecule has 2 N–H and O–H groups in total.